The fourth-order valence-corrected chi connectivity index (χ4v) is 5.11. The van der Waals surface area contributed by atoms with Crippen molar-refractivity contribution in [2.75, 3.05) is 39.9 Å². The van der Waals surface area contributed by atoms with E-state index >= 15 is 0 Å². The van der Waals surface area contributed by atoms with Gasteiger partial charge in [0.05, 0.1) is 7.11 Å². The number of phenolic OH excluding ortho intramolecular Hbond substituents is 1. The van der Waals surface area contributed by atoms with Gasteiger partial charge in [-0.1, -0.05) is 37.8 Å². The topological polar surface area (TPSA) is 82.6 Å². The molecule has 0 saturated carbocycles. The number of ether oxygens (including phenoxy) is 2. The lowest BCUT2D eigenvalue weighted by Gasteiger charge is -2.36. The van der Waals surface area contributed by atoms with Crippen molar-refractivity contribution in [1.82, 2.24) is 14.7 Å². The van der Waals surface area contributed by atoms with Crippen LogP contribution in [0.4, 0.5) is 4.79 Å². The van der Waals surface area contributed by atoms with Crippen LogP contribution < -0.4 is 4.74 Å². The van der Waals surface area contributed by atoms with Gasteiger partial charge in [0.1, 0.15) is 6.61 Å². The number of allylic oxidation sites excluding steroid dienone is 1. The van der Waals surface area contributed by atoms with Crippen molar-refractivity contribution in [1.29, 1.82) is 0 Å². The standard InChI is InChI=1S/C30H39N3O5.CH4/c1-5-6-18-38-29(36)32-16-14-31(15-17-32)28(35)24-9-7-8-23-20-33(21-25(23)24)30(2,3)13-12-22-10-11-26(34)27(19-22)37-4;/h5-11,19,34H,12-18,20-21H2,1-4H3;1H4/b6-5+;. The molecule has 0 radical (unpaired) electrons. The molecule has 212 valence electrons. The Labute approximate surface area is 232 Å². The van der Waals surface area contributed by atoms with E-state index in [1.807, 2.05) is 42.2 Å². The number of carbonyl (C=O) groups excluding carboxylic acids is 2. The van der Waals surface area contributed by atoms with Crippen LogP contribution in [0.3, 0.4) is 0 Å². The molecule has 4 rings (SSSR count). The highest BCUT2D eigenvalue weighted by Crippen LogP contribution is 2.35. The minimum atomic E-state index is -0.334. The number of aryl methyl sites for hydroxylation is 1. The third kappa shape index (κ3) is 6.92. The van der Waals surface area contributed by atoms with Crippen molar-refractivity contribution in [3.8, 4) is 11.5 Å². The maximum atomic E-state index is 13.5. The highest BCUT2D eigenvalue weighted by atomic mass is 16.6. The average molecular weight is 538 g/mol. The van der Waals surface area contributed by atoms with Gasteiger partial charge < -0.3 is 24.4 Å². The van der Waals surface area contributed by atoms with E-state index in [1.165, 1.54) is 5.56 Å². The van der Waals surface area contributed by atoms with Gasteiger partial charge in [0.2, 0.25) is 0 Å². The first kappa shape index (κ1) is 30.0. The van der Waals surface area contributed by atoms with Gasteiger partial charge in [-0.25, -0.2) is 4.79 Å². The molecule has 2 heterocycles. The quantitative estimate of drug-likeness (QED) is 0.464. The Morgan fingerprint density at radius 3 is 2.46 bits per heavy atom. The summed E-state index contributed by atoms with van der Waals surface area (Å²) in [7, 11) is 1.56. The Balaban J connectivity index is 0.00000420. The number of nitrogens with zero attached hydrogens (tertiary/aromatic N) is 3. The Kier molecular flexibility index (Phi) is 10.0. The van der Waals surface area contributed by atoms with Crippen LogP contribution in [0, 0.1) is 0 Å². The Bertz CT molecular complexity index is 1180. The molecule has 2 aliphatic heterocycles. The van der Waals surface area contributed by atoms with E-state index < -0.39 is 0 Å². The van der Waals surface area contributed by atoms with Crippen LogP contribution in [-0.4, -0.2) is 77.2 Å². The molecule has 0 aromatic heterocycles. The number of phenols is 1. The normalized spacial score (nSPS) is 15.7. The summed E-state index contributed by atoms with van der Waals surface area (Å²) in [4.78, 5) is 31.7. The molecule has 0 bridgehead atoms. The molecule has 8 heteroatoms. The molecule has 0 aliphatic carbocycles. The molecular formula is C31H43N3O5. The van der Waals surface area contributed by atoms with Crippen LogP contribution in [0.25, 0.3) is 0 Å². The monoisotopic (exact) mass is 537 g/mol. The van der Waals surface area contributed by atoms with Gasteiger partial charge in [0.15, 0.2) is 11.5 Å². The summed E-state index contributed by atoms with van der Waals surface area (Å²) in [6.07, 6.45) is 5.08. The molecule has 1 N–H and O–H groups in total. The fourth-order valence-electron chi connectivity index (χ4n) is 5.11. The number of amides is 2. The first-order valence-corrected chi connectivity index (χ1v) is 13.3. The van der Waals surface area contributed by atoms with Gasteiger partial charge in [-0.2, -0.15) is 0 Å². The minimum Gasteiger partial charge on any atom is -0.504 e. The number of hydrogen-bond donors (Lipinski definition) is 1. The summed E-state index contributed by atoms with van der Waals surface area (Å²) in [6, 6.07) is 11.5. The number of fused-ring (bicyclic) bond motifs is 1. The number of benzene rings is 2. The SMILES string of the molecule is C.C/C=C/COC(=O)N1CCN(C(=O)c2cccc3c2CN(C(C)(C)CCc2ccc(O)c(OC)c2)C3)CC1. The molecule has 2 aromatic rings. The Hall–Kier alpha value is -3.52. The zero-order valence-corrected chi connectivity index (χ0v) is 22.9. The fraction of sp³-hybridized carbons (Fsp3) is 0.484. The van der Waals surface area contributed by atoms with Gasteiger partial charge in [0.25, 0.3) is 5.91 Å². The summed E-state index contributed by atoms with van der Waals surface area (Å²) in [6.45, 7) is 10.1. The van der Waals surface area contributed by atoms with Gasteiger partial charge in [-0.15, -0.1) is 0 Å². The summed E-state index contributed by atoms with van der Waals surface area (Å²) < 4.78 is 10.5. The molecular weight excluding hydrogens is 494 g/mol. The molecule has 2 aliphatic rings. The van der Waals surface area contributed by atoms with Crippen molar-refractivity contribution >= 4 is 12.0 Å². The van der Waals surface area contributed by atoms with Crippen molar-refractivity contribution in [3.63, 3.8) is 0 Å². The molecule has 0 unspecified atom stereocenters. The molecule has 0 spiro atoms. The van der Waals surface area contributed by atoms with Crippen LogP contribution in [0.1, 0.15) is 61.7 Å². The van der Waals surface area contributed by atoms with Gasteiger partial charge in [-0.05, 0) is 68.5 Å². The first-order valence-electron chi connectivity index (χ1n) is 13.3. The number of rotatable bonds is 8. The number of piperazine rings is 1. The summed E-state index contributed by atoms with van der Waals surface area (Å²) in [5, 5.41) is 9.89. The molecule has 1 saturated heterocycles. The van der Waals surface area contributed by atoms with Crippen molar-refractivity contribution in [3.05, 3.63) is 70.8 Å². The molecule has 0 atom stereocenters. The second-order valence-electron chi connectivity index (χ2n) is 10.5. The van der Waals surface area contributed by atoms with Crippen LogP contribution in [0.5, 0.6) is 11.5 Å². The second-order valence-corrected chi connectivity index (χ2v) is 10.5. The maximum absolute atomic E-state index is 13.5. The first-order chi connectivity index (χ1) is 18.2. The molecule has 2 amide bonds. The Morgan fingerprint density at radius 1 is 1.05 bits per heavy atom. The van der Waals surface area contributed by atoms with Crippen LogP contribution in [-0.2, 0) is 24.2 Å². The average Bonchev–Trinajstić information content (AvgIpc) is 3.38. The third-order valence-corrected chi connectivity index (χ3v) is 7.70. The van der Waals surface area contributed by atoms with Gasteiger partial charge >= 0.3 is 6.09 Å². The summed E-state index contributed by atoms with van der Waals surface area (Å²) in [5.41, 5.74) is 4.08. The minimum absolute atomic E-state index is 0. The highest BCUT2D eigenvalue weighted by Gasteiger charge is 2.35. The lowest BCUT2D eigenvalue weighted by molar-refractivity contribution is 0.0578. The van der Waals surface area contributed by atoms with Crippen molar-refractivity contribution < 1.29 is 24.2 Å². The molecule has 39 heavy (non-hydrogen) atoms. The number of methoxy groups -OCH3 is 1. The lowest BCUT2D eigenvalue weighted by Crippen LogP contribution is -2.50. The summed E-state index contributed by atoms with van der Waals surface area (Å²) in [5.74, 6) is 0.663. The highest BCUT2D eigenvalue weighted by molar-refractivity contribution is 5.96. The van der Waals surface area contributed by atoms with Crippen molar-refractivity contribution in [2.45, 2.75) is 59.7 Å². The lowest BCUT2D eigenvalue weighted by atomic mass is 9.93. The zero-order valence-electron chi connectivity index (χ0n) is 22.9. The van der Waals surface area contributed by atoms with E-state index in [1.54, 1.807) is 24.2 Å². The van der Waals surface area contributed by atoms with E-state index in [0.717, 1.165) is 42.6 Å². The summed E-state index contributed by atoms with van der Waals surface area (Å²) >= 11 is 0. The number of aromatic hydroxyl groups is 1. The van der Waals surface area contributed by atoms with Gasteiger partial charge in [-0.3, -0.25) is 9.69 Å². The predicted octanol–water partition coefficient (Wildman–Crippen LogP) is 5.23. The smallest absolute Gasteiger partial charge is 0.410 e. The van der Waals surface area contributed by atoms with Crippen LogP contribution in [0.15, 0.2) is 48.6 Å². The number of carbonyl (C=O) groups is 2. The van der Waals surface area contributed by atoms with Crippen molar-refractivity contribution in [2.24, 2.45) is 0 Å². The predicted molar refractivity (Wildman–Crippen MR) is 153 cm³/mol. The van der Waals surface area contributed by atoms with E-state index in [2.05, 4.69) is 24.8 Å². The molecule has 2 aromatic carbocycles. The third-order valence-electron chi connectivity index (χ3n) is 7.70. The van der Waals surface area contributed by atoms with E-state index in [-0.39, 0.29) is 37.3 Å². The number of hydrogen-bond acceptors (Lipinski definition) is 6. The van der Waals surface area contributed by atoms with Crippen LogP contribution >= 0.6 is 0 Å². The van der Waals surface area contributed by atoms with E-state index in [4.69, 9.17) is 9.47 Å². The van der Waals surface area contributed by atoms with E-state index in [0.29, 0.717) is 31.9 Å². The second kappa shape index (κ2) is 13.0. The zero-order chi connectivity index (χ0) is 27.3. The van der Waals surface area contributed by atoms with Gasteiger partial charge in [0, 0.05) is 50.4 Å². The largest absolute Gasteiger partial charge is 0.504 e. The van der Waals surface area contributed by atoms with E-state index in [9.17, 15) is 14.7 Å². The molecule has 1 fully saturated rings. The van der Waals surface area contributed by atoms with Crippen LogP contribution in [0.2, 0.25) is 0 Å². The molecule has 8 nitrogen and oxygen atoms in total. The Morgan fingerprint density at radius 2 is 1.77 bits per heavy atom. The maximum Gasteiger partial charge on any atom is 0.410 e.